The molecular weight excluding hydrogens is 399 g/mol. The van der Waals surface area contributed by atoms with Crippen LogP contribution in [-0.2, 0) is 0 Å². The molecule has 0 bridgehead atoms. The number of para-hydroxylation sites is 1. The first-order valence-electron chi connectivity index (χ1n) is 9.29. The fourth-order valence-electron chi connectivity index (χ4n) is 3.40. The van der Waals surface area contributed by atoms with Crippen molar-refractivity contribution in [1.82, 2.24) is 30.4 Å². The van der Waals surface area contributed by atoms with Gasteiger partial charge in [-0.25, -0.2) is 4.98 Å². The van der Waals surface area contributed by atoms with E-state index in [1.54, 1.807) is 18.5 Å². The van der Waals surface area contributed by atoms with Crippen LogP contribution in [0.3, 0.4) is 0 Å². The third kappa shape index (κ3) is 3.07. The van der Waals surface area contributed by atoms with Gasteiger partial charge in [0.15, 0.2) is 11.0 Å². The Labute approximate surface area is 174 Å². The Balaban J connectivity index is 1.69. The second-order valence-corrected chi connectivity index (χ2v) is 7.77. The van der Waals surface area contributed by atoms with Gasteiger partial charge in [-0.15, -0.1) is 11.3 Å². The van der Waals surface area contributed by atoms with Crippen LogP contribution in [0.15, 0.2) is 49.3 Å². The second-order valence-electron chi connectivity index (χ2n) is 6.74. The predicted molar refractivity (Wildman–Crippen MR) is 118 cm³/mol. The molecule has 1 aromatic carbocycles. The van der Waals surface area contributed by atoms with Crippen LogP contribution in [0.4, 0.5) is 4.39 Å². The molecule has 0 aliphatic carbocycles. The molecule has 0 amide bonds. The fraction of sp³-hybridized carbons (Fsp3) is 0.0455. The van der Waals surface area contributed by atoms with Gasteiger partial charge >= 0.3 is 0 Å². The third-order valence-corrected chi connectivity index (χ3v) is 5.79. The number of fused-ring (bicyclic) bond motifs is 1. The van der Waals surface area contributed by atoms with E-state index in [1.165, 1.54) is 6.07 Å². The maximum atomic E-state index is 13.6. The van der Waals surface area contributed by atoms with Crippen molar-refractivity contribution < 1.29 is 4.39 Å². The molecule has 5 rings (SSSR count). The molecule has 3 N–H and O–H groups in total. The summed E-state index contributed by atoms with van der Waals surface area (Å²) >= 11 is 1.10. The summed E-state index contributed by atoms with van der Waals surface area (Å²) in [7, 11) is 0. The number of H-pyrrole nitrogens is 3. The minimum Gasteiger partial charge on any atom is -0.337 e. The van der Waals surface area contributed by atoms with E-state index in [0.717, 1.165) is 54.5 Å². The summed E-state index contributed by atoms with van der Waals surface area (Å²) in [5, 5.41) is 15.9. The lowest BCUT2D eigenvalue weighted by molar-refractivity contribution is 0.657. The van der Waals surface area contributed by atoms with Gasteiger partial charge in [0, 0.05) is 27.4 Å². The van der Waals surface area contributed by atoms with Crippen molar-refractivity contribution in [2.24, 2.45) is 0 Å². The van der Waals surface area contributed by atoms with E-state index in [-0.39, 0.29) is 5.13 Å². The first-order chi connectivity index (χ1) is 14.6. The Morgan fingerprint density at radius 1 is 1.23 bits per heavy atom. The van der Waals surface area contributed by atoms with Gasteiger partial charge in [-0.1, -0.05) is 24.8 Å². The van der Waals surface area contributed by atoms with Crippen LogP contribution >= 0.6 is 11.3 Å². The molecule has 148 valence electrons. The minimum absolute atomic E-state index is 0.220. The lowest BCUT2D eigenvalue weighted by Gasteiger charge is -1.97. The number of aromatic nitrogens is 6. The van der Waals surface area contributed by atoms with E-state index in [4.69, 9.17) is 4.98 Å². The predicted octanol–water partition coefficient (Wildman–Crippen LogP) is 3.84. The van der Waals surface area contributed by atoms with Crippen molar-refractivity contribution in [1.29, 1.82) is 0 Å². The molecule has 8 heteroatoms. The molecular formula is C22H17FN6S. The number of imidazole rings is 1. The first kappa shape index (κ1) is 18.3. The number of aromatic amines is 3. The molecule has 0 spiro atoms. The van der Waals surface area contributed by atoms with Gasteiger partial charge in [0.05, 0.1) is 22.6 Å². The van der Waals surface area contributed by atoms with Crippen molar-refractivity contribution in [3.8, 4) is 22.0 Å². The second kappa shape index (κ2) is 7.23. The van der Waals surface area contributed by atoms with Gasteiger partial charge in [-0.05, 0) is 36.8 Å². The van der Waals surface area contributed by atoms with Gasteiger partial charge in [0.2, 0.25) is 0 Å². The molecule has 0 unspecified atom stereocenters. The summed E-state index contributed by atoms with van der Waals surface area (Å²) in [4.78, 5) is 8.99. The SMILES string of the molecule is C=C(/C=c1/c(-c2nc3c(-c4ccc(F)s4)cccc3[nH]2)n[nH]/c1=C/C)c1cn[nH]c1. The fourth-order valence-corrected chi connectivity index (χ4v) is 4.15. The van der Waals surface area contributed by atoms with E-state index < -0.39 is 0 Å². The number of thiophene rings is 1. The lowest BCUT2D eigenvalue weighted by atomic mass is 10.1. The maximum Gasteiger partial charge on any atom is 0.176 e. The van der Waals surface area contributed by atoms with Gasteiger partial charge in [-0.2, -0.15) is 14.6 Å². The number of hydrogen-bond acceptors (Lipinski definition) is 4. The smallest absolute Gasteiger partial charge is 0.176 e. The van der Waals surface area contributed by atoms with Crippen LogP contribution < -0.4 is 10.6 Å². The summed E-state index contributed by atoms with van der Waals surface area (Å²) in [6.07, 6.45) is 7.43. The molecule has 0 aliphatic rings. The highest BCUT2D eigenvalue weighted by molar-refractivity contribution is 7.14. The van der Waals surface area contributed by atoms with Crippen LogP contribution in [0.1, 0.15) is 12.5 Å². The number of hydrogen-bond donors (Lipinski definition) is 3. The summed E-state index contributed by atoms with van der Waals surface area (Å²) in [6, 6.07) is 9.07. The van der Waals surface area contributed by atoms with Crippen LogP contribution in [0, 0.1) is 5.13 Å². The molecule has 30 heavy (non-hydrogen) atoms. The Hall–Kier alpha value is -3.78. The molecule has 0 fully saturated rings. The summed E-state index contributed by atoms with van der Waals surface area (Å²) in [5.74, 6) is 0.630. The largest absolute Gasteiger partial charge is 0.337 e. The van der Waals surface area contributed by atoms with E-state index in [2.05, 4.69) is 32.0 Å². The third-order valence-electron chi connectivity index (χ3n) is 4.89. The molecule has 0 aliphatic heterocycles. The number of rotatable bonds is 4. The molecule has 0 atom stereocenters. The van der Waals surface area contributed by atoms with E-state index in [1.807, 2.05) is 37.3 Å². The van der Waals surface area contributed by atoms with E-state index in [0.29, 0.717) is 11.5 Å². The highest BCUT2D eigenvalue weighted by Crippen LogP contribution is 2.33. The number of halogens is 1. The minimum atomic E-state index is -0.220. The molecule has 0 saturated carbocycles. The standard InChI is InChI=1S/C22H17FN6S/c1-3-16-15(9-12(2)13-10-24-25-11-13)21(29-28-16)22-26-17-6-4-5-14(20(17)27-22)18-7-8-19(23)30-18/h3-11,28H,2H2,1H3,(H,24,25)(H,26,27)/b15-9+,16-3+. The Bertz CT molecular complexity index is 1490. The normalized spacial score (nSPS) is 12.9. The molecule has 0 radical (unpaired) electrons. The summed E-state index contributed by atoms with van der Waals surface area (Å²) < 4.78 is 13.6. The zero-order valence-electron chi connectivity index (χ0n) is 16.0. The Kier molecular flexibility index (Phi) is 4.40. The van der Waals surface area contributed by atoms with Crippen molar-refractivity contribution in [3.63, 3.8) is 0 Å². The van der Waals surface area contributed by atoms with Gasteiger partial charge in [0.1, 0.15) is 5.69 Å². The number of allylic oxidation sites excluding steroid dienone is 1. The van der Waals surface area contributed by atoms with Crippen LogP contribution in [-0.4, -0.2) is 30.4 Å². The zero-order chi connectivity index (χ0) is 20.7. The van der Waals surface area contributed by atoms with E-state index >= 15 is 0 Å². The molecule has 4 heterocycles. The van der Waals surface area contributed by atoms with Crippen molar-refractivity contribution >= 4 is 40.1 Å². The molecule has 6 nitrogen and oxygen atoms in total. The highest BCUT2D eigenvalue weighted by Gasteiger charge is 2.15. The number of nitrogens with zero attached hydrogens (tertiary/aromatic N) is 3. The Morgan fingerprint density at radius 3 is 2.87 bits per heavy atom. The zero-order valence-corrected chi connectivity index (χ0v) is 16.8. The van der Waals surface area contributed by atoms with Crippen molar-refractivity contribution in [2.45, 2.75) is 6.92 Å². The average molecular weight is 416 g/mol. The maximum absolute atomic E-state index is 13.6. The number of nitrogens with one attached hydrogen (secondary N) is 3. The summed E-state index contributed by atoms with van der Waals surface area (Å²) in [5.41, 5.74) is 4.92. The van der Waals surface area contributed by atoms with Crippen molar-refractivity contribution in [2.75, 3.05) is 0 Å². The van der Waals surface area contributed by atoms with Crippen LogP contribution in [0.5, 0.6) is 0 Å². The molecule has 5 aromatic rings. The quantitative estimate of drug-likeness (QED) is 0.416. The Morgan fingerprint density at radius 2 is 2.13 bits per heavy atom. The van der Waals surface area contributed by atoms with Gasteiger partial charge in [0.25, 0.3) is 0 Å². The average Bonchev–Trinajstić information content (AvgIpc) is 3.53. The first-order valence-corrected chi connectivity index (χ1v) is 10.1. The summed E-state index contributed by atoms with van der Waals surface area (Å²) in [6.45, 7) is 6.09. The highest BCUT2D eigenvalue weighted by atomic mass is 32.1. The topological polar surface area (TPSA) is 86.0 Å². The van der Waals surface area contributed by atoms with Crippen LogP contribution in [0.25, 0.3) is 50.7 Å². The molecule has 4 aromatic heterocycles. The van der Waals surface area contributed by atoms with E-state index in [9.17, 15) is 4.39 Å². The van der Waals surface area contributed by atoms with Crippen molar-refractivity contribution in [3.05, 3.63) is 70.6 Å². The van der Waals surface area contributed by atoms with Gasteiger partial charge in [-0.3, -0.25) is 10.2 Å². The van der Waals surface area contributed by atoms with Gasteiger partial charge < -0.3 is 4.98 Å². The molecule has 0 saturated heterocycles. The number of benzene rings is 1. The monoisotopic (exact) mass is 416 g/mol. The van der Waals surface area contributed by atoms with Crippen LogP contribution in [0.2, 0.25) is 0 Å². The lowest BCUT2D eigenvalue weighted by Crippen LogP contribution is -2.23.